The van der Waals surface area contributed by atoms with Crippen molar-refractivity contribution < 1.29 is 9.47 Å². The molecule has 0 aliphatic carbocycles. The van der Waals surface area contributed by atoms with Crippen molar-refractivity contribution in [3.05, 3.63) is 64.5 Å². The Morgan fingerprint density at radius 3 is 2.56 bits per heavy atom. The third kappa shape index (κ3) is 4.40. The molecule has 186 valence electrons. The van der Waals surface area contributed by atoms with Crippen LogP contribution in [0.4, 0.5) is 5.82 Å². The number of piperidine rings is 1. The third-order valence-corrected chi connectivity index (χ3v) is 7.95. The predicted molar refractivity (Wildman–Crippen MR) is 142 cm³/mol. The number of hydrogen-bond acceptors (Lipinski definition) is 6. The van der Waals surface area contributed by atoms with Gasteiger partial charge >= 0.3 is 0 Å². The molecule has 0 saturated carbocycles. The average molecular weight is 524 g/mol. The highest BCUT2D eigenvalue weighted by atomic mass is 35.5. The number of nitrogens with one attached hydrogen (secondary N) is 1. The summed E-state index contributed by atoms with van der Waals surface area (Å²) >= 11 is 12.6. The van der Waals surface area contributed by atoms with E-state index in [0.29, 0.717) is 21.4 Å². The molecule has 6 rings (SSSR count). The van der Waals surface area contributed by atoms with Gasteiger partial charge in [0.25, 0.3) is 0 Å². The minimum Gasteiger partial charge on any atom is -0.486 e. The van der Waals surface area contributed by atoms with Crippen molar-refractivity contribution in [2.75, 3.05) is 24.6 Å². The lowest BCUT2D eigenvalue weighted by molar-refractivity contribution is -0.0147. The fourth-order valence-electron chi connectivity index (χ4n) is 5.37. The predicted octanol–water partition coefficient (Wildman–Crippen LogP) is 6.62. The number of aromatic nitrogens is 4. The van der Waals surface area contributed by atoms with Crippen LogP contribution in [0.3, 0.4) is 0 Å². The fourth-order valence-corrected chi connectivity index (χ4v) is 6.04. The number of rotatable bonds is 5. The first kappa shape index (κ1) is 23.5. The van der Waals surface area contributed by atoms with E-state index >= 15 is 0 Å². The molecule has 2 saturated heterocycles. The van der Waals surface area contributed by atoms with Gasteiger partial charge < -0.3 is 14.4 Å². The van der Waals surface area contributed by atoms with Crippen molar-refractivity contribution in [3.63, 3.8) is 0 Å². The van der Waals surface area contributed by atoms with Gasteiger partial charge in [0.05, 0.1) is 21.2 Å². The Balaban J connectivity index is 1.21. The van der Waals surface area contributed by atoms with Gasteiger partial charge in [-0.1, -0.05) is 23.2 Å². The number of fused-ring (bicyclic) bond motifs is 1. The van der Waals surface area contributed by atoms with Crippen molar-refractivity contribution in [1.29, 1.82) is 0 Å². The Hall–Kier alpha value is -2.87. The molecule has 1 atom stereocenters. The molecule has 9 heteroatoms. The molecule has 1 spiro atoms. The first-order valence-corrected chi connectivity index (χ1v) is 13.1. The number of halogens is 2. The summed E-state index contributed by atoms with van der Waals surface area (Å²) in [5.74, 6) is 1.69. The summed E-state index contributed by atoms with van der Waals surface area (Å²) in [6, 6.07) is 10.0. The lowest BCUT2D eigenvalue weighted by Crippen LogP contribution is -2.44. The number of aromatic amines is 1. The topological polar surface area (TPSA) is 76.2 Å². The van der Waals surface area contributed by atoms with Crippen LogP contribution in [0.2, 0.25) is 10.0 Å². The number of nitrogens with zero attached hydrogens (tertiary/aromatic N) is 4. The largest absolute Gasteiger partial charge is 0.486 e. The molecule has 36 heavy (non-hydrogen) atoms. The van der Waals surface area contributed by atoms with Gasteiger partial charge in [-0.15, -0.1) is 0 Å². The Morgan fingerprint density at radius 2 is 1.86 bits per heavy atom. The summed E-state index contributed by atoms with van der Waals surface area (Å²) < 4.78 is 12.3. The fraction of sp³-hybridized carbons (Fsp3) is 0.370. The van der Waals surface area contributed by atoms with Crippen molar-refractivity contribution >= 4 is 39.9 Å². The maximum Gasteiger partial charge on any atom is 0.128 e. The van der Waals surface area contributed by atoms with E-state index in [1.807, 2.05) is 31.3 Å². The highest BCUT2D eigenvalue weighted by Crippen LogP contribution is 2.38. The molecule has 3 aromatic heterocycles. The van der Waals surface area contributed by atoms with Gasteiger partial charge in [0.1, 0.15) is 23.4 Å². The molecule has 7 nitrogen and oxygen atoms in total. The Bertz CT molecular complexity index is 1350. The van der Waals surface area contributed by atoms with Crippen LogP contribution in [0.1, 0.15) is 44.3 Å². The second-order valence-electron chi connectivity index (χ2n) is 9.58. The van der Waals surface area contributed by atoms with E-state index in [4.69, 9.17) is 37.7 Å². The van der Waals surface area contributed by atoms with E-state index in [-0.39, 0.29) is 11.7 Å². The number of anilines is 1. The van der Waals surface area contributed by atoms with E-state index in [2.05, 4.69) is 32.2 Å². The Kier molecular flexibility index (Phi) is 6.23. The zero-order chi connectivity index (χ0) is 24.7. The molecule has 5 heterocycles. The normalized spacial score (nSPS) is 18.1. The number of pyridine rings is 2. The number of hydrogen-bond donors (Lipinski definition) is 1. The second kappa shape index (κ2) is 9.54. The highest BCUT2D eigenvalue weighted by molar-refractivity contribution is 6.35. The van der Waals surface area contributed by atoms with Crippen LogP contribution in [0.15, 0.2) is 48.9 Å². The van der Waals surface area contributed by atoms with Crippen LogP contribution in [0.5, 0.6) is 5.75 Å². The summed E-state index contributed by atoms with van der Waals surface area (Å²) in [5.41, 5.74) is 3.52. The molecular weight excluding hydrogens is 497 g/mol. The Morgan fingerprint density at radius 1 is 1.06 bits per heavy atom. The van der Waals surface area contributed by atoms with Crippen molar-refractivity contribution in [1.82, 2.24) is 20.2 Å². The zero-order valence-electron chi connectivity index (χ0n) is 20.0. The minimum absolute atomic E-state index is 0.107. The van der Waals surface area contributed by atoms with Gasteiger partial charge in [-0.05, 0) is 62.9 Å². The van der Waals surface area contributed by atoms with E-state index < -0.39 is 0 Å². The standard InChI is InChI=1S/C27H27Cl2N5O2/c1-17(25-21(28)15-30-16-22(25)29)36-19-4-5-23-20(13-19)26(33-32-23)18-3-6-24(31-14-18)34-10-8-27(9-11-34)7-2-12-35-27/h3-6,13-17H,2,7-12H2,1H3,(H,32,33)/t17-/m1/s1. The van der Waals surface area contributed by atoms with Crippen LogP contribution in [0.25, 0.3) is 22.2 Å². The summed E-state index contributed by atoms with van der Waals surface area (Å²) in [4.78, 5) is 11.1. The first-order valence-electron chi connectivity index (χ1n) is 12.3. The highest BCUT2D eigenvalue weighted by Gasteiger charge is 2.38. The van der Waals surface area contributed by atoms with Gasteiger partial charge in [0.2, 0.25) is 0 Å². The van der Waals surface area contributed by atoms with E-state index in [0.717, 1.165) is 60.5 Å². The van der Waals surface area contributed by atoms with Crippen LogP contribution in [-0.2, 0) is 4.74 Å². The first-order chi connectivity index (χ1) is 17.5. The van der Waals surface area contributed by atoms with Gasteiger partial charge in [0.15, 0.2) is 0 Å². The molecule has 0 amide bonds. The van der Waals surface area contributed by atoms with Gasteiger partial charge in [-0.25, -0.2) is 4.98 Å². The average Bonchev–Trinajstić information content (AvgIpc) is 3.52. The molecule has 4 aromatic rings. The maximum atomic E-state index is 6.32. The molecule has 0 bridgehead atoms. The second-order valence-corrected chi connectivity index (χ2v) is 10.4. The monoisotopic (exact) mass is 523 g/mol. The van der Waals surface area contributed by atoms with Crippen LogP contribution >= 0.6 is 23.2 Å². The quantitative estimate of drug-likeness (QED) is 0.316. The minimum atomic E-state index is -0.347. The summed E-state index contributed by atoms with van der Waals surface area (Å²) in [6.07, 6.45) is 9.19. The van der Waals surface area contributed by atoms with Crippen molar-refractivity contribution in [2.24, 2.45) is 0 Å². The Labute approximate surface area is 219 Å². The van der Waals surface area contributed by atoms with E-state index in [1.165, 1.54) is 12.8 Å². The SMILES string of the molecule is C[C@@H](Oc1ccc2[nH]nc(-c3ccc(N4CCC5(CCCO5)CC4)nc3)c2c1)c1c(Cl)cncc1Cl. The molecule has 0 radical (unpaired) electrons. The van der Waals surface area contributed by atoms with E-state index in [9.17, 15) is 0 Å². The summed E-state index contributed by atoms with van der Waals surface area (Å²) in [5, 5.41) is 9.59. The van der Waals surface area contributed by atoms with Crippen LogP contribution in [-0.4, -0.2) is 45.5 Å². The summed E-state index contributed by atoms with van der Waals surface area (Å²) in [7, 11) is 0. The number of benzene rings is 1. The van der Waals surface area contributed by atoms with Crippen LogP contribution in [0, 0.1) is 0 Å². The maximum absolute atomic E-state index is 6.32. The van der Waals surface area contributed by atoms with Crippen LogP contribution < -0.4 is 9.64 Å². The molecule has 1 aromatic carbocycles. The molecule has 2 aliphatic rings. The van der Waals surface area contributed by atoms with Crippen molar-refractivity contribution in [3.8, 4) is 17.0 Å². The zero-order valence-corrected chi connectivity index (χ0v) is 21.5. The molecule has 0 unspecified atom stereocenters. The lowest BCUT2D eigenvalue weighted by atomic mass is 9.89. The number of H-pyrrole nitrogens is 1. The smallest absolute Gasteiger partial charge is 0.128 e. The van der Waals surface area contributed by atoms with Gasteiger partial charge in [-0.3, -0.25) is 10.1 Å². The van der Waals surface area contributed by atoms with Crippen molar-refractivity contribution in [2.45, 2.75) is 44.3 Å². The molecular formula is C27H27Cl2N5O2. The van der Waals surface area contributed by atoms with Gasteiger partial charge in [0, 0.05) is 54.8 Å². The van der Waals surface area contributed by atoms with E-state index in [1.54, 1.807) is 12.4 Å². The summed E-state index contributed by atoms with van der Waals surface area (Å²) in [6.45, 7) is 4.77. The number of ether oxygens (including phenoxy) is 2. The molecule has 2 fully saturated rings. The molecule has 2 aliphatic heterocycles. The molecule has 1 N–H and O–H groups in total. The van der Waals surface area contributed by atoms with Gasteiger partial charge in [-0.2, -0.15) is 5.10 Å². The third-order valence-electron chi connectivity index (χ3n) is 7.35. The lowest BCUT2D eigenvalue weighted by Gasteiger charge is -2.39.